The van der Waals surface area contributed by atoms with Crippen LogP contribution in [-0.4, -0.2) is 34.2 Å². The van der Waals surface area contributed by atoms with E-state index in [2.05, 4.69) is 10.3 Å². The number of para-hydroxylation sites is 1. The largest absolute Gasteiger partial charge is 0.391 e. The molecule has 5 N–H and O–H groups in total. The number of aromatic amines is 1. The smallest absolute Gasteiger partial charge is 0.237 e. The molecular formula is C17H24ClN3O2. The Hall–Kier alpha value is -1.56. The molecule has 0 bridgehead atoms. The summed E-state index contributed by atoms with van der Waals surface area (Å²) in [4.78, 5) is 15.5. The maximum atomic E-state index is 12.3. The molecule has 126 valence electrons. The third-order valence-electron chi connectivity index (χ3n) is 4.51. The fraction of sp³-hybridized carbons (Fsp3) is 0.471. The number of aliphatic hydroxyl groups is 1. The van der Waals surface area contributed by atoms with Gasteiger partial charge in [-0.15, -0.1) is 12.4 Å². The molecule has 5 nitrogen and oxygen atoms in total. The quantitative estimate of drug-likeness (QED) is 0.686. The predicted molar refractivity (Wildman–Crippen MR) is 93.6 cm³/mol. The molecule has 3 rings (SSSR count). The van der Waals surface area contributed by atoms with Crippen molar-refractivity contribution in [1.82, 2.24) is 10.3 Å². The van der Waals surface area contributed by atoms with Gasteiger partial charge in [-0.25, -0.2) is 0 Å². The number of rotatable bonds is 4. The van der Waals surface area contributed by atoms with Crippen molar-refractivity contribution in [3.05, 3.63) is 36.0 Å². The first-order valence-electron chi connectivity index (χ1n) is 7.94. The van der Waals surface area contributed by atoms with Gasteiger partial charge in [0.15, 0.2) is 0 Å². The van der Waals surface area contributed by atoms with Gasteiger partial charge in [-0.3, -0.25) is 4.79 Å². The van der Waals surface area contributed by atoms with Crippen LogP contribution in [0.25, 0.3) is 10.9 Å². The second kappa shape index (κ2) is 7.81. The van der Waals surface area contributed by atoms with Gasteiger partial charge in [-0.1, -0.05) is 31.0 Å². The minimum absolute atomic E-state index is 0. The van der Waals surface area contributed by atoms with E-state index in [1.807, 2.05) is 30.5 Å². The first-order valence-corrected chi connectivity index (χ1v) is 7.94. The first kappa shape index (κ1) is 17.8. The third kappa shape index (κ3) is 4.05. The molecule has 6 heteroatoms. The number of aliphatic hydroxyl groups excluding tert-OH is 1. The van der Waals surface area contributed by atoms with Crippen molar-refractivity contribution in [2.45, 2.75) is 50.3 Å². The number of hydrogen-bond donors (Lipinski definition) is 4. The number of carbonyl (C=O) groups excluding carboxylic acids is 1. The number of aromatic nitrogens is 1. The second-order valence-electron chi connectivity index (χ2n) is 6.14. The van der Waals surface area contributed by atoms with Crippen molar-refractivity contribution in [1.29, 1.82) is 0 Å². The van der Waals surface area contributed by atoms with Gasteiger partial charge >= 0.3 is 0 Å². The number of halogens is 1. The summed E-state index contributed by atoms with van der Waals surface area (Å²) in [7, 11) is 0. The zero-order valence-electron chi connectivity index (χ0n) is 13.0. The number of hydrogen-bond acceptors (Lipinski definition) is 3. The first-order chi connectivity index (χ1) is 10.6. The predicted octanol–water partition coefficient (Wildman–Crippen LogP) is 1.88. The maximum Gasteiger partial charge on any atom is 0.237 e. The fourth-order valence-electron chi connectivity index (χ4n) is 3.20. The van der Waals surface area contributed by atoms with Crippen LogP contribution in [0.15, 0.2) is 30.5 Å². The monoisotopic (exact) mass is 337 g/mol. The molecule has 1 heterocycles. The molecule has 0 radical (unpaired) electrons. The molecule has 1 saturated carbocycles. The standard InChI is InChI=1S/C17H23N3O2.ClH/c18-13(17(22)20-15-7-3-4-8-16(15)21)9-11-10-19-14-6-2-1-5-12(11)14;/h1-2,5-6,10,13,15-16,19,21H,3-4,7-9,18H2,(H,20,22);1H/t13-,15+,16+;/m0./s1. The second-order valence-corrected chi connectivity index (χ2v) is 6.14. The lowest BCUT2D eigenvalue weighted by Gasteiger charge is -2.29. The number of H-pyrrole nitrogens is 1. The SMILES string of the molecule is Cl.N[C@@H](Cc1c[nH]c2ccccc12)C(=O)N[C@@H]1CCCC[C@H]1O. The highest BCUT2D eigenvalue weighted by Crippen LogP contribution is 2.20. The van der Waals surface area contributed by atoms with E-state index in [4.69, 9.17) is 5.73 Å². The van der Waals surface area contributed by atoms with Crippen LogP contribution in [0.1, 0.15) is 31.2 Å². The number of fused-ring (bicyclic) bond motifs is 1. The Kier molecular flexibility index (Phi) is 6.04. The van der Waals surface area contributed by atoms with E-state index in [1.165, 1.54) is 0 Å². The molecule has 1 aromatic heterocycles. The number of carbonyl (C=O) groups is 1. The summed E-state index contributed by atoms with van der Waals surface area (Å²) in [5, 5.41) is 13.9. The Bertz CT molecular complexity index is 658. The van der Waals surface area contributed by atoms with Crippen molar-refractivity contribution in [3.63, 3.8) is 0 Å². The van der Waals surface area contributed by atoms with Crippen molar-refractivity contribution in [2.24, 2.45) is 5.73 Å². The average molecular weight is 338 g/mol. The fourth-order valence-corrected chi connectivity index (χ4v) is 3.20. The van der Waals surface area contributed by atoms with Gasteiger partial charge in [0, 0.05) is 17.1 Å². The molecule has 1 aliphatic rings. The lowest BCUT2D eigenvalue weighted by atomic mass is 9.92. The van der Waals surface area contributed by atoms with Crippen molar-refractivity contribution >= 4 is 29.2 Å². The maximum absolute atomic E-state index is 12.3. The van der Waals surface area contributed by atoms with E-state index in [-0.39, 0.29) is 24.4 Å². The van der Waals surface area contributed by atoms with E-state index in [9.17, 15) is 9.90 Å². The van der Waals surface area contributed by atoms with Crippen LogP contribution in [0.2, 0.25) is 0 Å². The molecule has 0 spiro atoms. The lowest BCUT2D eigenvalue weighted by Crippen LogP contribution is -2.51. The van der Waals surface area contributed by atoms with Gasteiger partial charge in [0.25, 0.3) is 0 Å². The number of amides is 1. The van der Waals surface area contributed by atoms with Crippen molar-refractivity contribution in [2.75, 3.05) is 0 Å². The minimum Gasteiger partial charge on any atom is -0.391 e. The summed E-state index contributed by atoms with van der Waals surface area (Å²) >= 11 is 0. The van der Waals surface area contributed by atoms with Crippen molar-refractivity contribution < 1.29 is 9.90 Å². The summed E-state index contributed by atoms with van der Waals surface area (Å²) in [5.41, 5.74) is 8.15. The van der Waals surface area contributed by atoms with Gasteiger partial charge in [0.05, 0.1) is 18.2 Å². The molecule has 1 amide bonds. The van der Waals surface area contributed by atoms with Crippen LogP contribution < -0.4 is 11.1 Å². The topological polar surface area (TPSA) is 91.1 Å². The molecule has 23 heavy (non-hydrogen) atoms. The van der Waals surface area contributed by atoms with Gasteiger partial charge < -0.3 is 21.1 Å². The highest BCUT2D eigenvalue weighted by Gasteiger charge is 2.26. The Balaban J connectivity index is 0.00000192. The lowest BCUT2D eigenvalue weighted by molar-refractivity contribution is -0.124. The zero-order chi connectivity index (χ0) is 15.5. The normalized spacial score (nSPS) is 22.3. The third-order valence-corrected chi connectivity index (χ3v) is 4.51. The van der Waals surface area contributed by atoms with Crippen LogP contribution in [0.4, 0.5) is 0 Å². The van der Waals surface area contributed by atoms with E-state index >= 15 is 0 Å². The molecule has 1 aromatic carbocycles. The summed E-state index contributed by atoms with van der Waals surface area (Å²) in [6.07, 6.45) is 5.59. The Morgan fingerprint density at radius 2 is 2.09 bits per heavy atom. The van der Waals surface area contributed by atoms with Crippen LogP contribution in [0, 0.1) is 0 Å². The van der Waals surface area contributed by atoms with E-state index in [0.717, 1.165) is 42.1 Å². The van der Waals surface area contributed by atoms with E-state index < -0.39 is 12.1 Å². The number of nitrogens with one attached hydrogen (secondary N) is 2. The number of benzene rings is 1. The summed E-state index contributed by atoms with van der Waals surface area (Å²) < 4.78 is 0. The number of nitrogens with two attached hydrogens (primary N) is 1. The highest BCUT2D eigenvalue weighted by molar-refractivity contribution is 5.86. The molecule has 1 fully saturated rings. The minimum atomic E-state index is -0.603. The van der Waals surface area contributed by atoms with Gasteiger partial charge in [-0.2, -0.15) is 0 Å². The summed E-state index contributed by atoms with van der Waals surface area (Å²) in [5.74, 6) is -0.184. The molecule has 0 saturated heterocycles. The van der Waals surface area contributed by atoms with Gasteiger partial charge in [0.2, 0.25) is 5.91 Å². The van der Waals surface area contributed by atoms with E-state index in [0.29, 0.717) is 6.42 Å². The zero-order valence-corrected chi connectivity index (χ0v) is 13.8. The van der Waals surface area contributed by atoms with Gasteiger partial charge in [-0.05, 0) is 30.9 Å². The Morgan fingerprint density at radius 1 is 1.35 bits per heavy atom. The Labute approximate surface area is 142 Å². The summed E-state index contributed by atoms with van der Waals surface area (Å²) in [6, 6.07) is 7.21. The van der Waals surface area contributed by atoms with Crippen LogP contribution >= 0.6 is 12.4 Å². The van der Waals surface area contributed by atoms with Crippen LogP contribution in [-0.2, 0) is 11.2 Å². The van der Waals surface area contributed by atoms with Gasteiger partial charge in [0.1, 0.15) is 0 Å². The highest BCUT2D eigenvalue weighted by atomic mass is 35.5. The van der Waals surface area contributed by atoms with Crippen molar-refractivity contribution in [3.8, 4) is 0 Å². The van der Waals surface area contributed by atoms with Crippen LogP contribution in [0.3, 0.4) is 0 Å². The molecule has 2 aromatic rings. The molecule has 0 unspecified atom stereocenters. The molecule has 0 aliphatic heterocycles. The average Bonchev–Trinajstić information content (AvgIpc) is 2.93. The van der Waals surface area contributed by atoms with Crippen LogP contribution in [0.5, 0.6) is 0 Å². The summed E-state index contributed by atoms with van der Waals surface area (Å²) in [6.45, 7) is 0. The Morgan fingerprint density at radius 3 is 2.87 bits per heavy atom. The van der Waals surface area contributed by atoms with E-state index in [1.54, 1.807) is 0 Å². The molecule has 3 atom stereocenters. The molecular weight excluding hydrogens is 314 g/mol. The molecule has 1 aliphatic carbocycles.